The normalized spacial score (nSPS) is 12.4. The van der Waals surface area contributed by atoms with E-state index in [-0.39, 0.29) is 17.3 Å². The maximum atomic E-state index is 13.4. The molecule has 4 nitrogen and oxygen atoms in total. The average Bonchev–Trinajstić information content (AvgIpc) is 2.31. The van der Waals surface area contributed by atoms with Gasteiger partial charge in [-0.15, -0.1) is 0 Å². The molecule has 1 atom stereocenters. The van der Waals surface area contributed by atoms with Gasteiger partial charge in [-0.25, -0.2) is 4.39 Å². The number of nitrogens with two attached hydrogens (primary N) is 1. The second-order valence-electron chi connectivity index (χ2n) is 3.70. The van der Waals surface area contributed by atoms with Crippen LogP contribution in [0.4, 0.5) is 10.1 Å². The topological polar surface area (TPSA) is 66.6 Å². The summed E-state index contributed by atoms with van der Waals surface area (Å²) in [5.41, 5.74) is 5.77. The Labute approximate surface area is 104 Å². The van der Waals surface area contributed by atoms with E-state index in [1.807, 2.05) is 0 Å². The van der Waals surface area contributed by atoms with Gasteiger partial charge in [-0.3, -0.25) is 4.79 Å². The molecule has 0 fully saturated rings. The minimum absolute atomic E-state index is 0.199. The predicted octanol–water partition coefficient (Wildman–Crippen LogP) is 1.07. The number of hydrogen-bond donors (Lipinski definition) is 2. The second-order valence-corrected chi connectivity index (χ2v) is 4.11. The van der Waals surface area contributed by atoms with Crippen LogP contribution in [-0.2, 0) is 4.79 Å². The third-order valence-electron chi connectivity index (χ3n) is 2.43. The van der Waals surface area contributed by atoms with E-state index in [2.05, 4.69) is 0 Å². The summed E-state index contributed by atoms with van der Waals surface area (Å²) < 4.78 is 13.4. The van der Waals surface area contributed by atoms with E-state index in [0.717, 1.165) is 11.0 Å². The Morgan fingerprint density at radius 1 is 1.65 bits per heavy atom. The summed E-state index contributed by atoms with van der Waals surface area (Å²) in [5, 5.41) is 9.56. The number of likely N-dealkylation sites (N-methyl/N-ethyl adjacent to an activating group) is 1. The van der Waals surface area contributed by atoms with Crippen molar-refractivity contribution in [1.82, 2.24) is 0 Å². The fourth-order valence-corrected chi connectivity index (χ4v) is 1.68. The summed E-state index contributed by atoms with van der Waals surface area (Å²) in [4.78, 5) is 12.7. The molecule has 1 aromatic rings. The van der Waals surface area contributed by atoms with Crippen molar-refractivity contribution in [2.24, 2.45) is 5.73 Å². The molecule has 1 rings (SSSR count). The van der Waals surface area contributed by atoms with E-state index in [0.29, 0.717) is 5.56 Å². The largest absolute Gasteiger partial charge is 0.382 e. The smallest absolute Gasteiger partial charge is 0.256 e. The van der Waals surface area contributed by atoms with E-state index in [1.165, 1.54) is 13.1 Å². The van der Waals surface area contributed by atoms with Crippen molar-refractivity contribution in [2.45, 2.75) is 13.0 Å². The molecule has 0 heterocycles. The molecule has 0 aromatic heterocycles. The summed E-state index contributed by atoms with van der Waals surface area (Å²) in [6.45, 7) is 1.37. The highest BCUT2D eigenvalue weighted by atomic mass is 35.5. The predicted molar refractivity (Wildman–Crippen MR) is 64.6 cm³/mol. The van der Waals surface area contributed by atoms with Gasteiger partial charge in [-0.1, -0.05) is 11.6 Å². The van der Waals surface area contributed by atoms with Crippen molar-refractivity contribution in [3.8, 4) is 0 Å². The Morgan fingerprint density at radius 2 is 2.24 bits per heavy atom. The third-order valence-corrected chi connectivity index (χ3v) is 2.73. The van der Waals surface area contributed by atoms with Crippen molar-refractivity contribution in [2.75, 3.05) is 18.5 Å². The SMILES string of the molecule is Cc1cc(Cl)c(N(C)C(=O)C(O)CN)cc1F. The monoisotopic (exact) mass is 260 g/mol. The van der Waals surface area contributed by atoms with Gasteiger partial charge in [0, 0.05) is 13.6 Å². The number of carbonyl (C=O) groups is 1. The second kappa shape index (κ2) is 5.44. The van der Waals surface area contributed by atoms with Crippen LogP contribution in [0.3, 0.4) is 0 Å². The van der Waals surface area contributed by atoms with Crippen LogP contribution >= 0.6 is 11.6 Å². The number of carbonyl (C=O) groups excluding carboxylic acids is 1. The first-order chi connectivity index (χ1) is 7.88. The van der Waals surface area contributed by atoms with E-state index < -0.39 is 17.8 Å². The number of nitrogens with zero attached hydrogens (tertiary/aromatic N) is 1. The number of halogens is 2. The molecule has 0 spiro atoms. The van der Waals surface area contributed by atoms with E-state index in [4.69, 9.17) is 17.3 Å². The highest BCUT2D eigenvalue weighted by molar-refractivity contribution is 6.33. The Morgan fingerprint density at radius 3 is 2.76 bits per heavy atom. The lowest BCUT2D eigenvalue weighted by atomic mass is 10.2. The zero-order valence-electron chi connectivity index (χ0n) is 9.58. The molecule has 94 valence electrons. The number of anilines is 1. The number of hydrogen-bond acceptors (Lipinski definition) is 3. The summed E-state index contributed by atoms with van der Waals surface area (Å²) in [5.74, 6) is -1.09. The van der Waals surface area contributed by atoms with Crippen LogP contribution in [0.5, 0.6) is 0 Å². The van der Waals surface area contributed by atoms with Gasteiger partial charge < -0.3 is 15.7 Å². The van der Waals surface area contributed by atoms with Crippen molar-refractivity contribution in [3.05, 3.63) is 28.5 Å². The van der Waals surface area contributed by atoms with E-state index in [9.17, 15) is 14.3 Å². The van der Waals surface area contributed by atoms with Gasteiger partial charge in [0.2, 0.25) is 0 Å². The molecule has 3 N–H and O–H groups in total. The first-order valence-electron chi connectivity index (χ1n) is 4.99. The van der Waals surface area contributed by atoms with Crippen LogP contribution in [-0.4, -0.2) is 30.7 Å². The fraction of sp³-hybridized carbons (Fsp3) is 0.364. The fourth-order valence-electron chi connectivity index (χ4n) is 1.34. The molecule has 1 unspecified atom stereocenters. The first kappa shape index (κ1) is 13.9. The van der Waals surface area contributed by atoms with Gasteiger partial charge in [-0.2, -0.15) is 0 Å². The van der Waals surface area contributed by atoms with Gasteiger partial charge in [0.25, 0.3) is 5.91 Å². The molecule has 0 radical (unpaired) electrons. The third kappa shape index (κ3) is 2.94. The van der Waals surface area contributed by atoms with Gasteiger partial charge in [0.15, 0.2) is 0 Å². The summed E-state index contributed by atoms with van der Waals surface area (Å²) in [7, 11) is 1.40. The van der Waals surface area contributed by atoms with Gasteiger partial charge in [-0.05, 0) is 24.6 Å². The number of aryl methyl sites for hydroxylation is 1. The van der Waals surface area contributed by atoms with Gasteiger partial charge in [0.1, 0.15) is 11.9 Å². The number of benzene rings is 1. The maximum absolute atomic E-state index is 13.4. The standard InChI is InChI=1S/C11H14ClFN2O2/c1-6-3-7(12)9(4-8(6)13)15(2)11(17)10(16)5-14/h3-4,10,16H,5,14H2,1-2H3. The van der Waals surface area contributed by atoms with E-state index >= 15 is 0 Å². The minimum Gasteiger partial charge on any atom is -0.382 e. The molecule has 0 saturated heterocycles. The molecular formula is C11H14ClFN2O2. The lowest BCUT2D eigenvalue weighted by molar-refractivity contribution is -0.125. The number of aliphatic hydroxyl groups excluding tert-OH is 1. The number of amides is 1. The number of aliphatic hydroxyl groups is 1. The van der Waals surface area contributed by atoms with Crippen molar-refractivity contribution >= 4 is 23.2 Å². The summed E-state index contributed by atoms with van der Waals surface area (Å²) in [6.07, 6.45) is -1.32. The van der Waals surface area contributed by atoms with Crippen LogP contribution in [0.2, 0.25) is 5.02 Å². The molecule has 0 saturated carbocycles. The number of rotatable bonds is 3. The van der Waals surface area contributed by atoms with Crippen molar-refractivity contribution in [3.63, 3.8) is 0 Å². The zero-order chi connectivity index (χ0) is 13.2. The zero-order valence-corrected chi connectivity index (χ0v) is 10.3. The Hall–Kier alpha value is -1.17. The Balaban J connectivity index is 3.08. The molecule has 0 aliphatic carbocycles. The Kier molecular flexibility index (Phi) is 4.45. The molecule has 17 heavy (non-hydrogen) atoms. The van der Waals surface area contributed by atoms with Crippen molar-refractivity contribution < 1.29 is 14.3 Å². The van der Waals surface area contributed by atoms with Gasteiger partial charge >= 0.3 is 0 Å². The van der Waals surface area contributed by atoms with Crippen molar-refractivity contribution in [1.29, 1.82) is 0 Å². The van der Waals surface area contributed by atoms with Crippen LogP contribution in [0, 0.1) is 12.7 Å². The minimum atomic E-state index is -1.32. The lowest BCUT2D eigenvalue weighted by Gasteiger charge is -2.21. The van der Waals surface area contributed by atoms with Crippen LogP contribution < -0.4 is 10.6 Å². The van der Waals surface area contributed by atoms with E-state index in [1.54, 1.807) is 6.92 Å². The first-order valence-corrected chi connectivity index (χ1v) is 5.37. The van der Waals surface area contributed by atoms with Crippen LogP contribution in [0.25, 0.3) is 0 Å². The quantitative estimate of drug-likeness (QED) is 0.854. The Bertz CT molecular complexity index is 440. The molecule has 6 heteroatoms. The van der Waals surface area contributed by atoms with Crippen LogP contribution in [0.15, 0.2) is 12.1 Å². The molecule has 1 aromatic carbocycles. The van der Waals surface area contributed by atoms with Crippen LogP contribution in [0.1, 0.15) is 5.56 Å². The molecule has 0 bridgehead atoms. The molecular weight excluding hydrogens is 247 g/mol. The molecule has 0 aliphatic heterocycles. The summed E-state index contributed by atoms with van der Waals surface area (Å²) in [6, 6.07) is 2.57. The lowest BCUT2D eigenvalue weighted by Crippen LogP contribution is -2.40. The summed E-state index contributed by atoms with van der Waals surface area (Å²) >= 11 is 5.91. The average molecular weight is 261 g/mol. The maximum Gasteiger partial charge on any atom is 0.256 e. The molecule has 0 aliphatic rings. The highest BCUT2D eigenvalue weighted by Crippen LogP contribution is 2.28. The van der Waals surface area contributed by atoms with Gasteiger partial charge in [0.05, 0.1) is 10.7 Å². The highest BCUT2D eigenvalue weighted by Gasteiger charge is 2.21. The molecule has 1 amide bonds.